The third-order valence-electron chi connectivity index (χ3n) is 6.11. The average Bonchev–Trinajstić information content (AvgIpc) is 2.99. The Morgan fingerprint density at radius 3 is 1.14 bits per heavy atom. The van der Waals surface area contributed by atoms with Crippen molar-refractivity contribution in [2.24, 2.45) is 0 Å². The first-order valence-corrected chi connectivity index (χ1v) is 14.7. The highest BCUT2D eigenvalue weighted by Gasteiger charge is 2.30. The van der Waals surface area contributed by atoms with Gasteiger partial charge in [-0.25, -0.2) is 0 Å². The van der Waals surface area contributed by atoms with Crippen LogP contribution in [0.15, 0.2) is 0 Å². The van der Waals surface area contributed by atoms with Gasteiger partial charge in [0.15, 0.2) is 0 Å². The Morgan fingerprint density at radius 2 is 0.814 bits per heavy atom. The standard InChI is InChI=1S/C27H55NO15/c29-5-1-8-38-10-12-40-14-16-42-18-19-43-17-15-41-13-11-39-9-4-28(20-24(34)26(36)22(32)2-6-30)21-25(35)27(37)23(33)3-7-31/h5,22-27,30-37H,1-4,6-21H2. The van der Waals surface area contributed by atoms with E-state index in [1.54, 1.807) is 0 Å². The molecule has 0 aromatic carbocycles. The molecular weight excluding hydrogens is 578 g/mol. The van der Waals surface area contributed by atoms with Gasteiger partial charge in [0, 0.05) is 39.3 Å². The molecule has 0 aromatic rings. The SMILES string of the molecule is O=CCCOCCOCCOCCOCCOCCOCCN(CC(O)C(O)C(O)CCO)CC(O)C(O)C(O)CCO. The summed E-state index contributed by atoms with van der Waals surface area (Å²) in [5.41, 5.74) is 0. The number of aliphatic hydroxyl groups is 8. The lowest BCUT2D eigenvalue weighted by atomic mass is 10.0. The van der Waals surface area contributed by atoms with Crippen molar-refractivity contribution in [3.05, 3.63) is 0 Å². The van der Waals surface area contributed by atoms with Gasteiger partial charge in [-0.2, -0.15) is 0 Å². The van der Waals surface area contributed by atoms with Crippen LogP contribution in [0.2, 0.25) is 0 Å². The lowest BCUT2D eigenvalue weighted by Crippen LogP contribution is -2.50. The van der Waals surface area contributed by atoms with Crippen LogP contribution in [0.3, 0.4) is 0 Å². The van der Waals surface area contributed by atoms with Crippen molar-refractivity contribution in [2.75, 3.05) is 112 Å². The van der Waals surface area contributed by atoms with Crippen molar-refractivity contribution in [1.82, 2.24) is 4.90 Å². The van der Waals surface area contributed by atoms with Crippen LogP contribution in [-0.2, 0) is 33.2 Å². The molecule has 0 spiro atoms. The zero-order valence-corrected chi connectivity index (χ0v) is 25.1. The van der Waals surface area contributed by atoms with Gasteiger partial charge in [0.2, 0.25) is 0 Å². The molecule has 6 atom stereocenters. The number of nitrogens with zero attached hydrogens (tertiary/aromatic N) is 1. The average molecular weight is 634 g/mol. The molecule has 0 amide bonds. The van der Waals surface area contributed by atoms with Crippen molar-refractivity contribution < 1.29 is 74.1 Å². The van der Waals surface area contributed by atoms with Gasteiger partial charge >= 0.3 is 0 Å². The molecule has 16 heteroatoms. The van der Waals surface area contributed by atoms with Gasteiger partial charge < -0.3 is 74.1 Å². The number of carbonyl (C=O) groups is 1. The number of ether oxygens (including phenoxy) is 6. The monoisotopic (exact) mass is 633 g/mol. The smallest absolute Gasteiger partial charge is 0.122 e. The van der Waals surface area contributed by atoms with Crippen LogP contribution < -0.4 is 0 Å². The molecule has 0 rings (SSSR count). The molecule has 0 fully saturated rings. The molecule has 0 aliphatic rings. The minimum Gasteiger partial charge on any atom is -0.396 e. The lowest BCUT2D eigenvalue weighted by Gasteiger charge is -2.32. The Morgan fingerprint density at radius 1 is 0.488 bits per heavy atom. The molecule has 0 aliphatic heterocycles. The largest absolute Gasteiger partial charge is 0.396 e. The molecule has 0 saturated carbocycles. The second kappa shape index (κ2) is 29.8. The van der Waals surface area contributed by atoms with E-state index in [2.05, 4.69) is 0 Å². The van der Waals surface area contributed by atoms with Gasteiger partial charge in [-0.3, -0.25) is 4.90 Å². The van der Waals surface area contributed by atoms with Crippen LogP contribution in [0.1, 0.15) is 19.3 Å². The number of hydrogen-bond acceptors (Lipinski definition) is 16. The predicted octanol–water partition coefficient (Wildman–Crippen LogP) is -4.09. The first-order valence-electron chi connectivity index (χ1n) is 14.7. The van der Waals surface area contributed by atoms with Crippen LogP contribution in [0, 0.1) is 0 Å². The van der Waals surface area contributed by atoms with Gasteiger partial charge in [0.05, 0.1) is 104 Å². The van der Waals surface area contributed by atoms with Crippen molar-refractivity contribution in [3.8, 4) is 0 Å². The van der Waals surface area contributed by atoms with E-state index in [0.29, 0.717) is 72.5 Å². The van der Waals surface area contributed by atoms with Gasteiger partial charge in [0.25, 0.3) is 0 Å². The lowest BCUT2D eigenvalue weighted by molar-refractivity contribution is -0.109. The highest BCUT2D eigenvalue weighted by atomic mass is 16.6. The summed E-state index contributed by atoms with van der Waals surface area (Å²) in [6.07, 6.45) is -7.75. The first-order chi connectivity index (χ1) is 20.8. The summed E-state index contributed by atoms with van der Waals surface area (Å²) in [5.74, 6) is 0. The maximum absolute atomic E-state index is 10.3. The number of rotatable bonds is 33. The Hall–Kier alpha value is -0.930. The molecule has 258 valence electrons. The summed E-state index contributed by atoms with van der Waals surface area (Å²) >= 11 is 0. The van der Waals surface area contributed by atoms with E-state index in [9.17, 15) is 35.4 Å². The van der Waals surface area contributed by atoms with Crippen molar-refractivity contribution in [3.63, 3.8) is 0 Å². The summed E-state index contributed by atoms with van der Waals surface area (Å²) in [6.45, 7) is 3.38. The van der Waals surface area contributed by atoms with Gasteiger partial charge in [-0.1, -0.05) is 0 Å². The normalized spacial score (nSPS) is 16.2. The predicted molar refractivity (Wildman–Crippen MR) is 151 cm³/mol. The number of aliphatic hydroxyl groups excluding tert-OH is 8. The quantitative estimate of drug-likeness (QED) is 0.0253. The van der Waals surface area contributed by atoms with E-state index in [1.807, 2.05) is 0 Å². The molecule has 8 N–H and O–H groups in total. The highest BCUT2D eigenvalue weighted by Crippen LogP contribution is 2.10. The molecule has 43 heavy (non-hydrogen) atoms. The molecule has 0 heterocycles. The summed E-state index contributed by atoms with van der Waals surface area (Å²) in [6, 6.07) is 0. The number of carbonyl (C=O) groups excluding carboxylic acids is 1. The molecular formula is C27H55NO15. The maximum atomic E-state index is 10.3. The zero-order valence-electron chi connectivity index (χ0n) is 25.1. The van der Waals surface area contributed by atoms with Crippen LogP contribution in [0.5, 0.6) is 0 Å². The second-order valence-corrected chi connectivity index (χ2v) is 9.66. The molecule has 6 unspecified atom stereocenters. The van der Waals surface area contributed by atoms with Crippen molar-refractivity contribution in [1.29, 1.82) is 0 Å². The minimum absolute atomic E-state index is 0.132. The van der Waals surface area contributed by atoms with Crippen LogP contribution >= 0.6 is 0 Å². The Kier molecular flexibility index (Phi) is 29.1. The van der Waals surface area contributed by atoms with E-state index in [0.717, 1.165) is 6.29 Å². The van der Waals surface area contributed by atoms with Crippen molar-refractivity contribution in [2.45, 2.75) is 55.9 Å². The fourth-order valence-electron chi connectivity index (χ4n) is 3.65. The van der Waals surface area contributed by atoms with E-state index in [4.69, 9.17) is 38.6 Å². The fourth-order valence-corrected chi connectivity index (χ4v) is 3.65. The van der Waals surface area contributed by atoms with E-state index < -0.39 is 36.6 Å². The summed E-state index contributed by atoms with van der Waals surface area (Å²) in [5, 5.41) is 78.5. The Bertz CT molecular complexity index is 583. The number of aldehydes is 1. The van der Waals surface area contributed by atoms with Gasteiger partial charge in [-0.15, -0.1) is 0 Å². The summed E-state index contributed by atoms with van der Waals surface area (Å²) in [4.78, 5) is 11.6. The van der Waals surface area contributed by atoms with E-state index in [1.165, 1.54) is 4.90 Å². The topological polar surface area (TPSA) is 238 Å². The van der Waals surface area contributed by atoms with E-state index in [-0.39, 0.29) is 58.9 Å². The maximum Gasteiger partial charge on any atom is 0.122 e. The van der Waals surface area contributed by atoms with Gasteiger partial charge in [0.1, 0.15) is 18.5 Å². The second-order valence-electron chi connectivity index (χ2n) is 9.66. The van der Waals surface area contributed by atoms with Crippen LogP contribution in [-0.4, -0.2) is 201 Å². The fraction of sp³-hybridized carbons (Fsp3) is 0.963. The number of hydrogen-bond donors (Lipinski definition) is 8. The third kappa shape index (κ3) is 24.0. The third-order valence-corrected chi connectivity index (χ3v) is 6.11. The highest BCUT2D eigenvalue weighted by molar-refractivity contribution is 5.49. The molecule has 0 saturated heterocycles. The summed E-state index contributed by atoms with van der Waals surface area (Å²) in [7, 11) is 0. The molecule has 0 aliphatic carbocycles. The van der Waals surface area contributed by atoms with Crippen LogP contribution in [0.4, 0.5) is 0 Å². The molecule has 16 nitrogen and oxygen atoms in total. The van der Waals surface area contributed by atoms with E-state index >= 15 is 0 Å². The molecule has 0 bridgehead atoms. The van der Waals surface area contributed by atoms with Gasteiger partial charge in [-0.05, 0) is 12.8 Å². The van der Waals surface area contributed by atoms with Crippen molar-refractivity contribution >= 4 is 6.29 Å². The molecule has 0 radical (unpaired) electrons. The Labute approximate surface area is 253 Å². The van der Waals surface area contributed by atoms with Crippen LogP contribution in [0.25, 0.3) is 0 Å². The zero-order chi connectivity index (χ0) is 32.1. The minimum atomic E-state index is -1.55. The first kappa shape index (κ1) is 42.1. The summed E-state index contributed by atoms with van der Waals surface area (Å²) < 4.78 is 32.3. The molecule has 0 aromatic heterocycles. The Balaban J connectivity index is 4.08.